The Labute approximate surface area is 198 Å². The van der Waals surface area contributed by atoms with Crippen LogP contribution in [0.2, 0.25) is 0 Å². The van der Waals surface area contributed by atoms with E-state index in [2.05, 4.69) is 9.50 Å². The Hall–Kier alpha value is -3.32. The summed E-state index contributed by atoms with van der Waals surface area (Å²) in [5, 5.41) is 2.61. The third-order valence-electron chi connectivity index (χ3n) is 4.75. The molecule has 2 aromatic carbocycles. The van der Waals surface area contributed by atoms with Crippen LogP contribution >= 0.6 is 0 Å². The Kier molecular flexibility index (Phi) is 8.16. The molecule has 11 nitrogen and oxygen atoms in total. The van der Waals surface area contributed by atoms with E-state index in [1.54, 1.807) is 30.3 Å². The van der Waals surface area contributed by atoms with Crippen molar-refractivity contribution in [2.45, 2.75) is 6.92 Å². The van der Waals surface area contributed by atoms with Crippen LogP contribution in [0.1, 0.15) is 38.8 Å². The van der Waals surface area contributed by atoms with Gasteiger partial charge in [0.15, 0.2) is 11.6 Å². The number of nitrogen functional groups attached to an aromatic ring is 1. The average Bonchev–Trinajstić information content (AvgIpc) is 2.71. The minimum absolute atomic E-state index is 0.153. The summed E-state index contributed by atoms with van der Waals surface area (Å²) < 4.78 is 37.5. The number of quaternary nitrogens is 1. The number of amides is 1. The molecule has 12 heteroatoms. The van der Waals surface area contributed by atoms with E-state index in [-0.39, 0.29) is 45.4 Å². The number of fused-ring (bicyclic) bond motifs is 2. The van der Waals surface area contributed by atoms with Crippen LogP contribution in [-0.4, -0.2) is 76.3 Å². The van der Waals surface area contributed by atoms with Crippen LogP contribution in [0.3, 0.4) is 0 Å². The third kappa shape index (κ3) is 6.60. The summed E-state index contributed by atoms with van der Waals surface area (Å²) >= 11 is 0. The zero-order valence-electron chi connectivity index (χ0n) is 19.5. The van der Waals surface area contributed by atoms with Crippen molar-refractivity contribution in [1.29, 1.82) is 0 Å². The highest BCUT2D eigenvalue weighted by Gasteiger charge is 2.34. The Morgan fingerprint density at radius 3 is 2.15 bits per heavy atom. The summed E-state index contributed by atoms with van der Waals surface area (Å²) in [6.45, 7) is 2.53. The van der Waals surface area contributed by atoms with E-state index >= 15 is 0 Å². The van der Waals surface area contributed by atoms with Crippen LogP contribution < -0.4 is 15.8 Å². The maximum Gasteiger partial charge on any atom is 0.221 e. The van der Waals surface area contributed by atoms with Gasteiger partial charge in [-0.25, -0.2) is 8.42 Å². The van der Waals surface area contributed by atoms with Crippen LogP contribution in [0.25, 0.3) is 0 Å². The Bertz CT molecular complexity index is 1230. The van der Waals surface area contributed by atoms with Gasteiger partial charge in [0.25, 0.3) is 0 Å². The summed E-state index contributed by atoms with van der Waals surface area (Å²) in [7, 11) is 2.54. The van der Waals surface area contributed by atoms with Gasteiger partial charge in [0, 0.05) is 18.1 Å². The fraction of sp³-hybridized carbons (Fsp3) is 0.318. The lowest BCUT2D eigenvalue weighted by Gasteiger charge is -2.25. The normalized spacial score (nSPS) is 12.8. The molecule has 1 amide bonds. The second-order valence-corrected chi connectivity index (χ2v) is 9.55. The number of nitrogens with two attached hydrogens (primary N) is 1. The molecule has 1 aliphatic carbocycles. The van der Waals surface area contributed by atoms with Crippen molar-refractivity contribution >= 4 is 39.2 Å². The maximum atomic E-state index is 13.1. The molecule has 3 rings (SSSR count). The molecule has 0 aromatic heterocycles. The smallest absolute Gasteiger partial charge is 0.221 e. The summed E-state index contributed by atoms with van der Waals surface area (Å²) in [6, 6.07) is 7.95. The fourth-order valence-electron chi connectivity index (χ4n) is 3.14. The molecule has 0 radical (unpaired) electrons. The van der Waals surface area contributed by atoms with E-state index in [0.717, 1.165) is 18.1 Å². The highest BCUT2D eigenvalue weighted by molar-refractivity contribution is 7.80. The van der Waals surface area contributed by atoms with Gasteiger partial charge in [0.1, 0.15) is 18.9 Å². The summed E-state index contributed by atoms with van der Waals surface area (Å²) in [5.41, 5.74) is 7.46. The number of nitrogens with one attached hydrogen (secondary N) is 1. The minimum atomic E-state index is -4.41. The van der Waals surface area contributed by atoms with Gasteiger partial charge < -0.3 is 24.8 Å². The fourth-order valence-corrected chi connectivity index (χ4v) is 3.14. The zero-order valence-corrected chi connectivity index (χ0v) is 20.3. The molecule has 0 saturated heterocycles. The largest absolute Gasteiger partial charge is 0.726 e. The Morgan fingerprint density at radius 2 is 1.62 bits per heavy atom. The summed E-state index contributed by atoms with van der Waals surface area (Å²) in [5.74, 6) is -0.639. The molecular formula is C22H27N3O8S. The van der Waals surface area contributed by atoms with Crippen molar-refractivity contribution in [1.82, 2.24) is 0 Å². The quantitative estimate of drug-likeness (QED) is 0.222. The lowest BCUT2D eigenvalue weighted by atomic mass is 9.82. The van der Waals surface area contributed by atoms with Crippen LogP contribution in [0.5, 0.6) is 5.75 Å². The summed E-state index contributed by atoms with van der Waals surface area (Å²) in [4.78, 5) is 37.6. The topological polar surface area (TPSA) is 165 Å². The van der Waals surface area contributed by atoms with Crippen molar-refractivity contribution in [3.05, 3.63) is 52.6 Å². The Morgan fingerprint density at radius 1 is 1.06 bits per heavy atom. The first-order chi connectivity index (χ1) is 15.7. The molecule has 0 heterocycles. The average molecular weight is 494 g/mol. The first-order valence-electron chi connectivity index (χ1n) is 10.0. The first-order valence-corrected chi connectivity index (χ1v) is 11.4. The van der Waals surface area contributed by atoms with E-state index in [1.807, 2.05) is 21.1 Å². The molecule has 0 bridgehead atoms. The number of anilines is 2. The maximum absolute atomic E-state index is 13.1. The SMILES string of the molecule is CC(=O)Nc1cccc2c1C(=O)c1ccc(OCC[N+](C)(C)C)c(N)c1C2=O.COS(=O)(=O)[O-]. The van der Waals surface area contributed by atoms with E-state index in [0.29, 0.717) is 18.0 Å². The predicted molar refractivity (Wildman–Crippen MR) is 124 cm³/mol. The van der Waals surface area contributed by atoms with Crippen molar-refractivity contribution in [2.75, 3.05) is 52.5 Å². The lowest BCUT2D eigenvalue weighted by Crippen LogP contribution is -2.38. The van der Waals surface area contributed by atoms with Crippen molar-refractivity contribution < 1.29 is 40.8 Å². The molecule has 1 aliphatic rings. The molecular weight excluding hydrogens is 466 g/mol. The van der Waals surface area contributed by atoms with Gasteiger partial charge >= 0.3 is 0 Å². The number of hydrogen-bond donors (Lipinski definition) is 2. The van der Waals surface area contributed by atoms with Crippen molar-refractivity contribution in [3.63, 3.8) is 0 Å². The van der Waals surface area contributed by atoms with E-state index in [1.165, 1.54) is 6.92 Å². The molecule has 34 heavy (non-hydrogen) atoms. The molecule has 3 N–H and O–H groups in total. The number of carbonyl (C=O) groups excluding carboxylic acids is 3. The van der Waals surface area contributed by atoms with Gasteiger partial charge in [-0.05, 0) is 18.2 Å². The summed E-state index contributed by atoms with van der Waals surface area (Å²) in [6.07, 6.45) is 0. The van der Waals surface area contributed by atoms with Crippen molar-refractivity contribution in [3.8, 4) is 5.75 Å². The van der Waals surface area contributed by atoms with Gasteiger partial charge in [-0.3, -0.25) is 18.6 Å². The second kappa shape index (κ2) is 10.3. The number of nitrogens with zero attached hydrogens (tertiary/aromatic N) is 1. The van der Waals surface area contributed by atoms with Crippen LogP contribution in [-0.2, 0) is 19.4 Å². The van der Waals surface area contributed by atoms with Gasteiger partial charge in [-0.1, -0.05) is 12.1 Å². The monoisotopic (exact) mass is 493 g/mol. The van der Waals surface area contributed by atoms with Gasteiger partial charge in [-0.2, -0.15) is 0 Å². The molecule has 0 spiro atoms. The lowest BCUT2D eigenvalue weighted by molar-refractivity contribution is -0.870. The third-order valence-corrected chi connectivity index (χ3v) is 5.16. The molecule has 0 atom stereocenters. The molecule has 0 saturated carbocycles. The number of hydrogen-bond acceptors (Lipinski definition) is 9. The molecule has 184 valence electrons. The van der Waals surface area contributed by atoms with Crippen LogP contribution in [0.4, 0.5) is 11.4 Å². The Balaban J connectivity index is 0.000000604. The standard InChI is InChI=1S/C21H23N3O4.CH4O4S/c1-12(25)23-15-7-5-6-13-17(15)20(26)14-8-9-16(19(22)18(14)21(13)27)28-11-10-24(2,3)4;1-5-6(2,3)4/h5-9H,10-11H2,1-4H3,(H2-,22,23,25,26,27);1H3,(H,2,3,4). The number of ether oxygens (including phenoxy) is 1. The first kappa shape index (κ1) is 26.9. The minimum Gasteiger partial charge on any atom is -0.726 e. The van der Waals surface area contributed by atoms with E-state index in [9.17, 15) is 27.4 Å². The number of benzene rings is 2. The van der Waals surface area contributed by atoms with Gasteiger partial charge in [0.2, 0.25) is 16.3 Å². The van der Waals surface area contributed by atoms with E-state index < -0.39 is 10.4 Å². The zero-order chi connectivity index (χ0) is 25.8. The number of ketones is 2. The number of likely N-dealkylation sites (N-methyl/N-ethyl adjacent to an activating group) is 1. The van der Waals surface area contributed by atoms with Crippen LogP contribution in [0.15, 0.2) is 30.3 Å². The van der Waals surface area contributed by atoms with E-state index in [4.69, 9.17) is 10.5 Å². The number of carbonyl (C=O) groups is 3. The van der Waals surface area contributed by atoms with Crippen LogP contribution in [0, 0.1) is 0 Å². The van der Waals surface area contributed by atoms with Crippen molar-refractivity contribution in [2.24, 2.45) is 0 Å². The molecule has 0 aliphatic heterocycles. The molecule has 0 fully saturated rings. The second-order valence-electron chi connectivity index (χ2n) is 8.40. The predicted octanol–water partition coefficient (Wildman–Crippen LogP) is 1.18. The van der Waals surface area contributed by atoms with Gasteiger partial charge in [-0.15, -0.1) is 0 Å². The highest BCUT2D eigenvalue weighted by Crippen LogP contribution is 2.38. The number of rotatable bonds is 6. The molecule has 0 unspecified atom stereocenters. The van der Waals surface area contributed by atoms with Gasteiger partial charge in [0.05, 0.1) is 50.8 Å². The highest BCUT2D eigenvalue weighted by atomic mass is 32.3. The molecule has 2 aromatic rings.